The Hall–Kier alpha value is -2.43. The Bertz CT molecular complexity index is 631. The molecule has 0 bridgehead atoms. The summed E-state index contributed by atoms with van der Waals surface area (Å²) in [6, 6.07) is 6.26. The van der Waals surface area contributed by atoms with Crippen LogP contribution in [0.5, 0.6) is 0 Å². The highest BCUT2D eigenvalue weighted by molar-refractivity contribution is 6.01. The highest BCUT2D eigenvalue weighted by Gasteiger charge is 2.07. The number of amides is 1. The van der Waals surface area contributed by atoms with Crippen LogP contribution >= 0.6 is 0 Å². The molecule has 2 aromatic rings. The van der Waals surface area contributed by atoms with Gasteiger partial charge >= 0.3 is 0 Å². The zero-order valence-electron chi connectivity index (χ0n) is 10.7. The van der Waals surface area contributed by atoms with E-state index >= 15 is 0 Å². The summed E-state index contributed by atoms with van der Waals surface area (Å²) in [7, 11) is 0. The van der Waals surface area contributed by atoms with Gasteiger partial charge < -0.3 is 5.32 Å². The molecule has 0 atom stereocenters. The zero-order chi connectivity index (χ0) is 13.8. The molecule has 5 heteroatoms. The topological polar surface area (TPSA) is 57.8 Å². The second-order valence-electron chi connectivity index (χ2n) is 4.17. The smallest absolute Gasteiger partial charge is 0.249 e. The minimum absolute atomic E-state index is 0.349. The number of benzene rings is 1. The van der Waals surface area contributed by atoms with Gasteiger partial charge in [0.05, 0.1) is 0 Å². The fourth-order valence-corrected chi connectivity index (χ4v) is 1.54. The van der Waals surface area contributed by atoms with Crippen LogP contribution < -0.4 is 5.32 Å². The average Bonchev–Trinajstić information content (AvgIpc) is 2.70. The molecule has 4 nitrogen and oxygen atoms in total. The van der Waals surface area contributed by atoms with Crippen LogP contribution in [0.25, 0.3) is 6.08 Å². The molecule has 0 saturated heterocycles. The van der Waals surface area contributed by atoms with Crippen molar-refractivity contribution in [2.45, 2.75) is 13.8 Å². The third kappa shape index (κ3) is 3.07. The number of carbonyl (C=O) groups is 1. The lowest BCUT2D eigenvalue weighted by atomic mass is 10.2. The van der Waals surface area contributed by atoms with Crippen LogP contribution in [0.15, 0.2) is 30.3 Å². The molecule has 2 rings (SSSR count). The van der Waals surface area contributed by atoms with Gasteiger partial charge in [-0.25, -0.2) is 4.39 Å². The van der Waals surface area contributed by atoms with Crippen LogP contribution in [-0.4, -0.2) is 16.1 Å². The van der Waals surface area contributed by atoms with Gasteiger partial charge in [0, 0.05) is 22.9 Å². The van der Waals surface area contributed by atoms with E-state index in [2.05, 4.69) is 15.5 Å². The number of rotatable bonds is 3. The van der Waals surface area contributed by atoms with Crippen molar-refractivity contribution in [1.29, 1.82) is 0 Å². The highest BCUT2D eigenvalue weighted by atomic mass is 19.1. The van der Waals surface area contributed by atoms with E-state index in [1.165, 1.54) is 18.2 Å². The summed E-state index contributed by atoms with van der Waals surface area (Å²) in [5.41, 5.74) is 2.15. The quantitative estimate of drug-likeness (QED) is 0.833. The van der Waals surface area contributed by atoms with Crippen molar-refractivity contribution in [2.75, 3.05) is 5.32 Å². The van der Waals surface area contributed by atoms with E-state index in [0.29, 0.717) is 11.4 Å². The average molecular weight is 259 g/mol. The lowest BCUT2D eigenvalue weighted by Gasteiger charge is -1.99. The number of nitrogens with zero attached hydrogens (tertiary/aromatic N) is 1. The maximum absolute atomic E-state index is 13.3. The van der Waals surface area contributed by atoms with E-state index in [1.54, 1.807) is 18.2 Å². The number of H-pyrrole nitrogens is 1. The molecule has 1 amide bonds. The van der Waals surface area contributed by atoms with Crippen LogP contribution in [0.4, 0.5) is 10.2 Å². The fourth-order valence-electron chi connectivity index (χ4n) is 1.54. The van der Waals surface area contributed by atoms with Gasteiger partial charge in [-0.05, 0) is 26.0 Å². The van der Waals surface area contributed by atoms with Crippen molar-refractivity contribution in [3.05, 3.63) is 53.0 Å². The largest absolute Gasteiger partial charge is 0.305 e. The van der Waals surface area contributed by atoms with Crippen molar-refractivity contribution in [1.82, 2.24) is 10.2 Å². The molecular formula is C14H14FN3O. The maximum Gasteiger partial charge on any atom is 0.249 e. The monoisotopic (exact) mass is 259 g/mol. The van der Waals surface area contributed by atoms with Gasteiger partial charge in [0.2, 0.25) is 5.91 Å². The van der Waals surface area contributed by atoms with Gasteiger partial charge in [0.25, 0.3) is 0 Å². The molecule has 2 N–H and O–H groups in total. The fraction of sp³-hybridized carbons (Fsp3) is 0.143. The third-order valence-corrected chi connectivity index (χ3v) is 2.81. The Morgan fingerprint density at radius 1 is 1.37 bits per heavy atom. The van der Waals surface area contributed by atoms with E-state index in [-0.39, 0.29) is 11.7 Å². The normalized spacial score (nSPS) is 10.9. The Morgan fingerprint density at radius 2 is 2.11 bits per heavy atom. The number of halogens is 1. The molecule has 0 aliphatic heterocycles. The number of carbonyl (C=O) groups excluding carboxylic acids is 1. The van der Waals surface area contributed by atoms with Crippen molar-refractivity contribution < 1.29 is 9.18 Å². The van der Waals surface area contributed by atoms with Crippen LogP contribution in [0, 0.1) is 19.7 Å². The molecule has 0 unspecified atom stereocenters. The van der Waals surface area contributed by atoms with Crippen molar-refractivity contribution in [3.63, 3.8) is 0 Å². The summed E-state index contributed by atoms with van der Waals surface area (Å²) in [4.78, 5) is 11.7. The number of aromatic amines is 1. The molecule has 0 spiro atoms. The predicted octanol–water partition coefficient (Wildman–Crippen LogP) is 2.82. The maximum atomic E-state index is 13.3. The van der Waals surface area contributed by atoms with E-state index in [0.717, 1.165) is 11.3 Å². The molecule has 0 aliphatic rings. The van der Waals surface area contributed by atoms with Crippen molar-refractivity contribution in [2.24, 2.45) is 0 Å². The number of nitrogens with one attached hydrogen (secondary N) is 2. The highest BCUT2D eigenvalue weighted by Crippen LogP contribution is 2.14. The second-order valence-corrected chi connectivity index (χ2v) is 4.17. The van der Waals surface area contributed by atoms with E-state index in [1.807, 2.05) is 13.8 Å². The van der Waals surface area contributed by atoms with Crippen molar-refractivity contribution >= 4 is 17.8 Å². The van der Waals surface area contributed by atoms with Gasteiger partial charge in [0.1, 0.15) is 5.82 Å². The first-order valence-electron chi connectivity index (χ1n) is 5.83. The first-order chi connectivity index (χ1) is 9.08. The van der Waals surface area contributed by atoms with E-state index in [4.69, 9.17) is 0 Å². The third-order valence-electron chi connectivity index (χ3n) is 2.81. The first-order valence-corrected chi connectivity index (χ1v) is 5.83. The van der Waals surface area contributed by atoms with Crippen molar-refractivity contribution in [3.8, 4) is 0 Å². The minimum atomic E-state index is -0.363. The summed E-state index contributed by atoms with van der Waals surface area (Å²) < 4.78 is 13.3. The number of anilines is 1. The van der Waals surface area contributed by atoms with Crippen LogP contribution in [0.2, 0.25) is 0 Å². The summed E-state index contributed by atoms with van der Waals surface area (Å²) in [6.07, 6.45) is 2.71. The Morgan fingerprint density at radius 3 is 2.74 bits per heavy atom. The first kappa shape index (κ1) is 13.0. The predicted molar refractivity (Wildman–Crippen MR) is 72.1 cm³/mol. The molecule has 1 aromatic heterocycles. The number of aryl methyl sites for hydroxylation is 1. The number of hydrogen-bond acceptors (Lipinski definition) is 2. The Kier molecular flexibility index (Phi) is 3.75. The van der Waals surface area contributed by atoms with Gasteiger partial charge in [-0.2, -0.15) is 5.10 Å². The zero-order valence-corrected chi connectivity index (χ0v) is 10.7. The van der Waals surface area contributed by atoms with Crippen LogP contribution in [0.1, 0.15) is 16.8 Å². The van der Waals surface area contributed by atoms with Gasteiger partial charge in [0.15, 0.2) is 5.82 Å². The van der Waals surface area contributed by atoms with Crippen LogP contribution in [-0.2, 0) is 4.79 Å². The standard InChI is InChI=1S/C14H14FN3O/c1-9-10(2)17-18-14(9)16-13(19)8-7-11-5-3-4-6-12(11)15/h3-8H,1-2H3,(H2,16,17,18,19)/b8-7+. The Labute approximate surface area is 110 Å². The molecule has 1 aromatic carbocycles. The lowest BCUT2D eigenvalue weighted by molar-refractivity contribution is -0.111. The van der Waals surface area contributed by atoms with Gasteiger partial charge in [-0.1, -0.05) is 18.2 Å². The summed E-state index contributed by atoms with van der Waals surface area (Å²) in [5, 5.41) is 9.37. The Balaban J connectivity index is 2.06. The molecule has 0 aliphatic carbocycles. The summed E-state index contributed by atoms with van der Waals surface area (Å²) >= 11 is 0. The minimum Gasteiger partial charge on any atom is -0.305 e. The van der Waals surface area contributed by atoms with E-state index < -0.39 is 0 Å². The summed E-state index contributed by atoms with van der Waals surface area (Å²) in [6.45, 7) is 3.72. The molecule has 0 saturated carbocycles. The number of aromatic nitrogens is 2. The molecule has 0 fully saturated rings. The molecule has 1 heterocycles. The number of hydrogen-bond donors (Lipinski definition) is 2. The van der Waals surface area contributed by atoms with Gasteiger partial charge in [-0.3, -0.25) is 9.89 Å². The second kappa shape index (κ2) is 5.48. The molecule has 0 radical (unpaired) electrons. The molecule has 98 valence electrons. The lowest BCUT2D eigenvalue weighted by Crippen LogP contribution is -2.09. The molecular weight excluding hydrogens is 245 g/mol. The van der Waals surface area contributed by atoms with Gasteiger partial charge in [-0.15, -0.1) is 0 Å². The van der Waals surface area contributed by atoms with E-state index in [9.17, 15) is 9.18 Å². The summed E-state index contributed by atoms with van der Waals surface area (Å²) in [5.74, 6) is -0.225. The SMILES string of the molecule is Cc1[nH]nc(NC(=O)/C=C/c2ccccc2F)c1C. The molecule has 19 heavy (non-hydrogen) atoms. The van der Waals surface area contributed by atoms with Crippen LogP contribution in [0.3, 0.4) is 0 Å².